The van der Waals surface area contributed by atoms with Crippen LogP contribution in [-0.4, -0.2) is 31.0 Å². The van der Waals surface area contributed by atoms with Gasteiger partial charge in [0.05, 0.1) is 12.2 Å². The van der Waals surface area contributed by atoms with Gasteiger partial charge in [-0.1, -0.05) is 40.2 Å². The second-order valence-electron chi connectivity index (χ2n) is 6.66. The predicted octanol–water partition coefficient (Wildman–Crippen LogP) is 3.70. The third kappa shape index (κ3) is 5.32. The summed E-state index contributed by atoms with van der Waals surface area (Å²) in [6.07, 6.45) is 1.12. The molecule has 142 valence electrons. The number of nitrogens with zero attached hydrogens (tertiary/aromatic N) is 1. The summed E-state index contributed by atoms with van der Waals surface area (Å²) in [4.78, 5) is 26.5. The van der Waals surface area contributed by atoms with Gasteiger partial charge in [0.2, 0.25) is 11.8 Å². The quantitative estimate of drug-likeness (QED) is 0.759. The summed E-state index contributed by atoms with van der Waals surface area (Å²) in [6.45, 7) is 2.95. The standard InChI is InChI=1S/C21H23BrN2O3/c1-15(14-16-6-8-17(22)9-7-16)23-20(25)10-11-21(26)24-12-13-27-19-5-3-2-4-18(19)24/h2-9,15H,10-14H2,1H3,(H,23,25). The molecule has 0 aliphatic carbocycles. The molecule has 5 nitrogen and oxygen atoms in total. The van der Waals surface area contributed by atoms with E-state index in [2.05, 4.69) is 21.2 Å². The predicted molar refractivity (Wildman–Crippen MR) is 109 cm³/mol. The van der Waals surface area contributed by atoms with Crippen LogP contribution < -0.4 is 15.0 Å². The number of hydrogen-bond donors (Lipinski definition) is 1. The zero-order valence-electron chi connectivity index (χ0n) is 15.3. The van der Waals surface area contributed by atoms with Crippen LogP contribution in [0.1, 0.15) is 25.3 Å². The second-order valence-corrected chi connectivity index (χ2v) is 7.58. The van der Waals surface area contributed by atoms with Gasteiger partial charge in [-0.05, 0) is 43.2 Å². The van der Waals surface area contributed by atoms with Crippen molar-refractivity contribution in [2.75, 3.05) is 18.1 Å². The molecule has 0 saturated heterocycles. The molecule has 3 rings (SSSR count). The Balaban J connectivity index is 1.47. The van der Waals surface area contributed by atoms with Gasteiger partial charge in [-0.3, -0.25) is 9.59 Å². The van der Waals surface area contributed by atoms with Crippen LogP contribution >= 0.6 is 15.9 Å². The Bertz CT molecular complexity index is 807. The minimum Gasteiger partial charge on any atom is -0.490 e. The molecule has 1 unspecified atom stereocenters. The monoisotopic (exact) mass is 430 g/mol. The number of fused-ring (bicyclic) bond motifs is 1. The lowest BCUT2D eigenvalue weighted by molar-refractivity contribution is -0.125. The molecule has 1 atom stereocenters. The fourth-order valence-corrected chi connectivity index (χ4v) is 3.42. The number of carbonyl (C=O) groups is 2. The van der Waals surface area contributed by atoms with Crippen LogP contribution in [0.3, 0.4) is 0 Å². The van der Waals surface area contributed by atoms with Crippen molar-refractivity contribution in [1.82, 2.24) is 5.32 Å². The first kappa shape index (κ1) is 19.4. The zero-order chi connectivity index (χ0) is 19.2. The van der Waals surface area contributed by atoms with E-state index in [1.165, 1.54) is 0 Å². The van der Waals surface area contributed by atoms with E-state index in [1.54, 1.807) is 4.90 Å². The minimum atomic E-state index is -0.102. The molecule has 0 fully saturated rings. The number of carbonyl (C=O) groups excluding carboxylic acids is 2. The molecule has 1 heterocycles. The van der Waals surface area contributed by atoms with E-state index in [0.29, 0.717) is 18.9 Å². The van der Waals surface area contributed by atoms with E-state index in [-0.39, 0.29) is 30.7 Å². The highest BCUT2D eigenvalue weighted by atomic mass is 79.9. The molecule has 1 N–H and O–H groups in total. The van der Waals surface area contributed by atoms with E-state index in [9.17, 15) is 9.59 Å². The van der Waals surface area contributed by atoms with Crippen LogP contribution in [-0.2, 0) is 16.0 Å². The second kappa shape index (κ2) is 9.04. The molecule has 0 saturated carbocycles. The molecule has 0 bridgehead atoms. The lowest BCUT2D eigenvalue weighted by Crippen LogP contribution is -2.39. The van der Waals surface area contributed by atoms with E-state index in [4.69, 9.17) is 4.74 Å². The summed E-state index contributed by atoms with van der Waals surface area (Å²) in [7, 11) is 0. The summed E-state index contributed by atoms with van der Waals surface area (Å²) in [6, 6.07) is 15.5. The molecular weight excluding hydrogens is 408 g/mol. The Labute approximate surface area is 167 Å². The first-order chi connectivity index (χ1) is 13.0. The molecule has 0 aromatic heterocycles. The van der Waals surface area contributed by atoms with Crippen molar-refractivity contribution in [2.24, 2.45) is 0 Å². The molecule has 2 aromatic carbocycles. The van der Waals surface area contributed by atoms with Crippen LogP contribution in [0.25, 0.3) is 0 Å². The average Bonchev–Trinajstić information content (AvgIpc) is 2.67. The zero-order valence-corrected chi connectivity index (χ0v) is 16.9. The Morgan fingerprint density at radius 1 is 1.15 bits per heavy atom. The third-order valence-electron chi connectivity index (χ3n) is 4.46. The fourth-order valence-electron chi connectivity index (χ4n) is 3.16. The van der Waals surface area contributed by atoms with E-state index < -0.39 is 0 Å². The normalized spacial score (nSPS) is 14.1. The van der Waals surface area contributed by atoms with Gasteiger partial charge in [-0.2, -0.15) is 0 Å². The fraction of sp³-hybridized carbons (Fsp3) is 0.333. The van der Waals surface area contributed by atoms with Gasteiger partial charge in [-0.25, -0.2) is 0 Å². The number of hydrogen-bond acceptors (Lipinski definition) is 3. The summed E-state index contributed by atoms with van der Waals surface area (Å²) < 4.78 is 6.60. The van der Waals surface area contributed by atoms with Crippen LogP contribution in [0.2, 0.25) is 0 Å². The van der Waals surface area contributed by atoms with Crippen LogP contribution in [0.5, 0.6) is 5.75 Å². The highest BCUT2D eigenvalue weighted by molar-refractivity contribution is 9.10. The van der Waals surface area contributed by atoms with Gasteiger partial charge in [-0.15, -0.1) is 0 Å². The van der Waals surface area contributed by atoms with Crippen molar-refractivity contribution < 1.29 is 14.3 Å². The third-order valence-corrected chi connectivity index (χ3v) is 4.99. The molecule has 0 spiro atoms. The van der Waals surface area contributed by atoms with Gasteiger partial charge in [0.15, 0.2) is 0 Å². The maximum absolute atomic E-state index is 12.6. The van der Waals surface area contributed by atoms with Gasteiger partial charge in [0, 0.05) is 23.4 Å². The summed E-state index contributed by atoms with van der Waals surface area (Å²) in [5, 5.41) is 2.97. The van der Waals surface area contributed by atoms with Crippen LogP contribution in [0.15, 0.2) is 53.0 Å². The van der Waals surface area contributed by atoms with Crippen LogP contribution in [0, 0.1) is 0 Å². The smallest absolute Gasteiger partial charge is 0.227 e. The Morgan fingerprint density at radius 3 is 2.67 bits per heavy atom. The number of ether oxygens (including phenoxy) is 1. The number of para-hydroxylation sites is 2. The molecule has 6 heteroatoms. The van der Waals surface area contributed by atoms with Crippen molar-refractivity contribution in [3.63, 3.8) is 0 Å². The molecule has 1 aliphatic heterocycles. The van der Waals surface area contributed by atoms with E-state index in [1.807, 2.05) is 55.5 Å². The van der Waals surface area contributed by atoms with Crippen molar-refractivity contribution in [3.05, 3.63) is 58.6 Å². The topological polar surface area (TPSA) is 58.6 Å². The lowest BCUT2D eigenvalue weighted by atomic mass is 10.1. The maximum Gasteiger partial charge on any atom is 0.227 e. The first-order valence-corrected chi connectivity index (χ1v) is 9.88. The van der Waals surface area contributed by atoms with Crippen molar-refractivity contribution >= 4 is 33.4 Å². The largest absolute Gasteiger partial charge is 0.490 e. The SMILES string of the molecule is CC(Cc1ccc(Br)cc1)NC(=O)CCC(=O)N1CCOc2ccccc21. The number of rotatable bonds is 6. The maximum atomic E-state index is 12.6. The lowest BCUT2D eigenvalue weighted by Gasteiger charge is -2.29. The number of nitrogens with one attached hydrogen (secondary N) is 1. The number of halogens is 1. The molecule has 0 radical (unpaired) electrons. The van der Waals surface area contributed by atoms with Crippen molar-refractivity contribution in [3.8, 4) is 5.75 Å². The first-order valence-electron chi connectivity index (χ1n) is 9.09. The van der Waals surface area contributed by atoms with Gasteiger partial charge < -0.3 is 15.0 Å². The number of amides is 2. The Morgan fingerprint density at radius 2 is 1.89 bits per heavy atom. The molecular formula is C21H23BrN2O3. The minimum absolute atomic E-state index is 0.0119. The van der Waals surface area contributed by atoms with Gasteiger partial charge >= 0.3 is 0 Å². The highest BCUT2D eigenvalue weighted by Crippen LogP contribution is 2.31. The molecule has 27 heavy (non-hydrogen) atoms. The van der Waals surface area contributed by atoms with Crippen molar-refractivity contribution in [1.29, 1.82) is 0 Å². The van der Waals surface area contributed by atoms with Crippen LogP contribution in [0.4, 0.5) is 5.69 Å². The number of benzene rings is 2. The summed E-state index contributed by atoms with van der Waals surface area (Å²) >= 11 is 3.42. The van der Waals surface area contributed by atoms with E-state index in [0.717, 1.165) is 22.1 Å². The van der Waals surface area contributed by atoms with Gasteiger partial charge in [0.1, 0.15) is 12.4 Å². The highest BCUT2D eigenvalue weighted by Gasteiger charge is 2.23. The Hall–Kier alpha value is -2.34. The van der Waals surface area contributed by atoms with E-state index >= 15 is 0 Å². The average molecular weight is 431 g/mol. The molecule has 2 aromatic rings. The number of anilines is 1. The summed E-state index contributed by atoms with van der Waals surface area (Å²) in [5.74, 6) is 0.556. The molecule has 2 amide bonds. The van der Waals surface area contributed by atoms with Crippen molar-refractivity contribution in [2.45, 2.75) is 32.2 Å². The Kier molecular flexibility index (Phi) is 6.50. The summed E-state index contributed by atoms with van der Waals surface area (Å²) in [5.41, 5.74) is 1.93. The van der Waals surface area contributed by atoms with Gasteiger partial charge in [0.25, 0.3) is 0 Å². The molecule has 1 aliphatic rings.